The predicted molar refractivity (Wildman–Crippen MR) is 62.0 cm³/mol. The Labute approximate surface area is 95.0 Å². The predicted octanol–water partition coefficient (Wildman–Crippen LogP) is 4.56. The number of halogens is 2. The third-order valence-corrected chi connectivity index (χ3v) is 3.25. The van der Waals surface area contributed by atoms with E-state index < -0.39 is 0 Å². The smallest absolute Gasteiger partial charge is 0.130 e. The van der Waals surface area contributed by atoms with Gasteiger partial charge in [0.2, 0.25) is 0 Å². The van der Waals surface area contributed by atoms with Gasteiger partial charge in [-0.25, -0.2) is 8.78 Å². The lowest BCUT2D eigenvalue weighted by atomic mass is 9.77. The molecule has 0 spiro atoms. The van der Waals surface area contributed by atoms with Gasteiger partial charge in [0.05, 0.1) is 0 Å². The van der Waals surface area contributed by atoms with Crippen LogP contribution in [0.4, 0.5) is 8.78 Å². The van der Waals surface area contributed by atoms with Gasteiger partial charge in [-0.15, -0.1) is 0 Å². The van der Waals surface area contributed by atoms with Crippen molar-refractivity contribution in [1.29, 1.82) is 0 Å². The van der Waals surface area contributed by atoms with Gasteiger partial charge in [0, 0.05) is 5.56 Å². The molecule has 0 aliphatic heterocycles. The molecule has 1 aliphatic rings. The second kappa shape index (κ2) is 4.00. The summed E-state index contributed by atoms with van der Waals surface area (Å²) in [6.07, 6.45) is 4.82. The summed E-state index contributed by atoms with van der Waals surface area (Å²) in [5, 5.41) is 0. The van der Waals surface area contributed by atoms with E-state index in [-0.39, 0.29) is 17.0 Å². The summed E-state index contributed by atoms with van der Waals surface area (Å²) >= 11 is 0. The van der Waals surface area contributed by atoms with E-state index in [0.29, 0.717) is 5.56 Å². The van der Waals surface area contributed by atoms with Gasteiger partial charge in [-0.05, 0) is 48.4 Å². The van der Waals surface area contributed by atoms with E-state index in [1.165, 1.54) is 12.1 Å². The molecule has 0 aromatic heterocycles. The molecule has 0 nitrogen and oxygen atoms in total. The van der Waals surface area contributed by atoms with Crippen LogP contribution in [0.2, 0.25) is 0 Å². The number of hydrogen-bond acceptors (Lipinski definition) is 0. The molecule has 16 heavy (non-hydrogen) atoms. The van der Waals surface area contributed by atoms with Crippen LogP contribution in [0.3, 0.4) is 0 Å². The van der Waals surface area contributed by atoms with Gasteiger partial charge in [0.15, 0.2) is 0 Å². The molecule has 0 bridgehead atoms. The van der Waals surface area contributed by atoms with E-state index in [1.807, 2.05) is 6.08 Å². The van der Waals surface area contributed by atoms with Crippen LogP contribution in [0, 0.1) is 17.0 Å². The van der Waals surface area contributed by atoms with Crippen LogP contribution in [0.1, 0.15) is 38.7 Å². The zero-order valence-corrected chi connectivity index (χ0v) is 9.69. The summed E-state index contributed by atoms with van der Waals surface area (Å²) in [5.41, 5.74) is 1.65. The van der Waals surface area contributed by atoms with Crippen LogP contribution < -0.4 is 0 Å². The van der Waals surface area contributed by atoms with E-state index in [0.717, 1.165) is 30.9 Å². The first-order chi connectivity index (χ1) is 7.48. The standard InChI is InChI=1S/C14H16F2/c1-14(2)7-5-10(6-8-14)12-9-11(15)3-4-13(12)16/h3-5,9H,6-8H2,1-2H3. The Hall–Kier alpha value is -1.18. The quantitative estimate of drug-likeness (QED) is 0.653. The van der Waals surface area contributed by atoms with Crippen LogP contribution in [0.5, 0.6) is 0 Å². The van der Waals surface area contributed by atoms with Crippen LogP contribution >= 0.6 is 0 Å². The molecular weight excluding hydrogens is 206 g/mol. The molecule has 0 fully saturated rings. The molecule has 1 aromatic carbocycles. The van der Waals surface area contributed by atoms with E-state index in [4.69, 9.17) is 0 Å². The van der Waals surface area contributed by atoms with Crippen LogP contribution in [0.25, 0.3) is 5.57 Å². The lowest BCUT2D eigenvalue weighted by molar-refractivity contribution is 0.334. The summed E-state index contributed by atoms with van der Waals surface area (Å²) in [7, 11) is 0. The Morgan fingerprint density at radius 1 is 1.19 bits per heavy atom. The average molecular weight is 222 g/mol. The Balaban J connectivity index is 2.32. The summed E-state index contributed by atoms with van der Waals surface area (Å²) in [4.78, 5) is 0. The highest BCUT2D eigenvalue weighted by molar-refractivity contribution is 5.66. The molecule has 0 saturated carbocycles. The first-order valence-corrected chi connectivity index (χ1v) is 5.62. The average Bonchev–Trinajstić information content (AvgIpc) is 2.22. The monoisotopic (exact) mass is 222 g/mol. The Kier molecular flexibility index (Phi) is 2.83. The third-order valence-electron chi connectivity index (χ3n) is 3.25. The zero-order valence-electron chi connectivity index (χ0n) is 9.69. The van der Waals surface area contributed by atoms with Crippen molar-refractivity contribution in [2.45, 2.75) is 33.1 Å². The minimum absolute atomic E-state index is 0.285. The maximum atomic E-state index is 13.5. The molecule has 0 N–H and O–H groups in total. The molecular formula is C14H16F2. The van der Waals surface area contributed by atoms with Crippen LogP contribution in [-0.4, -0.2) is 0 Å². The highest BCUT2D eigenvalue weighted by atomic mass is 19.1. The Morgan fingerprint density at radius 3 is 2.56 bits per heavy atom. The van der Waals surface area contributed by atoms with E-state index in [9.17, 15) is 8.78 Å². The molecule has 1 aromatic rings. The number of rotatable bonds is 1. The van der Waals surface area contributed by atoms with Gasteiger partial charge in [-0.2, -0.15) is 0 Å². The lowest BCUT2D eigenvalue weighted by Gasteiger charge is -2.28. The first kappa shape index (κ1) is 11.3. The molecule has 0 atom stereocenters. The van der Waals surface area contributed by atoms with Crippen molar-refractivity contribution in [3.63, 3.8) is 0 Å². The normalized spacial score (nSPS) is 19.4. The van der Waals surface area contributed by atoms with Gasteiger partial charge < -0.3 is 0 Å². The van der Waals surface area contributed by atoms with Crippen LogP contribution in [0.15, 0.2) is 24.3 Å². The van der Waals surface area contributed by atoms with Crippen molar-refractivity contribution in [2.75, 3.05) is 0 Å². The maximum Gasteiger partial charge on any atom is 0.130 e. The highest BCUT2D eigenvalue weighted by Gasteiger charge is 2.23. The summed E-state index contributed by atoms with van der Waals surface area (Å²) in [5.74, 6) is -0.700. The van der Waals surface area contributed by atoms with Crippen molar-refractivity contribution in [2.24, 2.45) is 5.41 Å². The summed E-state index contributed by atoms with van der Waals surface area (Å²) in [6.45, 7) is 4.39. The SMILES string of the molecule is CC1(C)CC=C(c2cc(F)ccc2F)CC1. The van der Waals surface area contributed by atoms with Crippen molar-refractivity contribution >= 4 is 5.57 Å². The minimum Gasteiger partial charge on any atom is -0.207 e. The molecule has 0 saturated heterocycles. The summed E-state index contributed by atoms with van der Waals surface area (Å²) in [6, 6.07) is 3.65. The number of hydrogen-bond donors (Lipinski definition) is 0. The van der Waals surface area contributed by atoms with Crippen LogP contribution in [-0.2, 0) is 0 Å². The number of benzene rings is 1. The minimum atomic E-state index is -0.373. The summed E-state index contributed by atoms with van der Waals surface area (Å²) < 4.78 is 26.6. The van der Waals surface area contributed by atoms with Crippen molar-refractivity contribution in [3.05, 3.63) is 41.5 Å². The van der Waals surface area contributed by atoms with Crippen molar-refractivity contribution in [1.82, 2.24) is 0 Å². The molecule has 2 heteroatoms. The van der Waals surface area contributed by atoms with E-state index in [1.54, 1.807) is 0 Å². The van der Waals surface area contributed by atoms with Gasteiger partial charge in [0.1, 0.15) is 11.6 Å². The zero-order chi connectivity index (χ0) is 11.8. The van der Waals surface area contributed by atoms with Crippen molar-refractivity contribution < 1.29 is 8.78 Å². The fourth-order valence-electron chi connectivity index (χ4n) is 2.06. The second-order valence-corrected chi connectivity index (χ2v) is 5.22. The fourth-order valence-corrected chi connectivity index (χ4v) is 2.06. The molecule has 2 rings (SSSR count). The molecule has 86 valence electrons. The lowest BCUT2D eigenvalue weighted by Crippen LogP contribution is -2.14. The molecule has 0 amide bonds. The number of allylic oxidation sites excluding steroid dienone is 2. The van der Waals surface area contributed by atoms with Gasteiger partial charge in [0.25, 0.3) is 0 Å². The topological polar surface area (TPSA) is 0 Å². The fraction of sp³-hybridized carbons (Fsp3) is 0.429. The molecule has 0 radical (unpaired) electrons. The van der Waals surface area contributed by atoms with E-state index in [2.05, 4.69) is 13.8 Å². The maximum absolute atomic E-state index is 13.5. The molecule has 0 unspecified atom stereocenters. The molecule has 0 heterocycles. The highest BCUT2D eigenvalue weighted by Crippen LogP contribution is 2.38. The van der Waals surface area contributed by atoms with Gasteiger partial charge in [-0.1, -0.05) is 19.9 Å². The largest absolute Gasteiger partial charge is 0.207 e. The van der Waals surface area contributed by atoms with E-state index >= 15 is 0 Å². The molecule has 1 aliphatic carbocycles. The van der Waals surface area contributed by atoms with Gasteiger partial charge >= 0.3 is 0 Å². The van der Waals surface area contributed by atoms with Crippen molar-refractivity contribution in [3.8, 4) is 0 Å². The third kappa shape index (κ3) is 2.31. The second-order valence-electron chi connectivity index (χ2n) is 5.22. The Morgan fingerprint density at radius 2 is 1.94 bits per heavy atom. The van der Waals surface area contributed by atoms with Gasteiger partial charge in [-0.3, -0.25) is 0 Å². The first-order valence-electron chi connectivity index (χ1n) is 5.62. The Bertz CT molecular complexity index is 430.